The van der Waals surface area contributed by atoms with Crippen LogP contribution in [0.3, 0.4) is 0 Å². The molecule has 0 radical (unpaired) electrons. The lowest BCUT2D eigenvalue weighted by Crippen LogP contribution is -2.22. The molecule has 1 amide bonds. The highest BCUT2D eigenvalue weighted by Crippen LogP contribution is 2.21. The molecule has 25 heavy (non-hydrogen) atoms. The van der Waals surface area contributed by atoms with Crippen molar-refractivity contribution in [3.05, 3.63) is 58.6 Å². The SMILES string of the molecule is CN(C)S(=O)(=O)c1ccc(C(=O)Nc2ccc(Cl)c(C(=O)O)c2)cc1. The normalized spacial score (nSPS) is 11.4. The summed E-state index contributed by atoms with van der Waals surface area (Å²) in [5.41, 5.74) is 0.355. The van der Waals surface area contributed by atoms with Crippen LogP contribution in [0.15, 0.2) is 47.4 Å². The molecular weight excluding hydrogens is 368 g/mol. The number of anilines is 1. The average Bonchev–Trinajstić information content (AvgIpc) is 2.56. The number of amides is 1. The summed E-state index contributed by atoms with van der Waals surface area (Å²) in [5.74, 6) is -1.72. The van der Waals surface area contributed by atoms with Crippen LogP contribution in [0.2, 0.25) is 5.02 Å². The molecule has 0 unspecified atom stereocenters. The van der Waals surface area contributed by atoms with Gasteiger partial charge in [0.1, 0.15) is 0 Å². The predicted octanol–water partition coefficient (Wildman–Crippen LogP) is 2.54. The van der Waals surface area contributed by atoms with Crippen molar-refractivity contribution in [1.82, 2.24) is 4.31 Å². The summed E-state index contributed by atoms with van der Waals surface area (Å²) in [5, 5.41) is 11.6. The van der Waals surface area contributed by atoms with Crippen molar-refractivity contribution in [2.24, 2.45) is 0 Å². The molecule has 132 valence electrons. The van der Waals surface area contributed by atoms with Crippen molar-refractivity contribution in [3.63, 3.8) is 0 Å². The van der Waals surface area contributed by atoms with E-state index in [4.69, 9.17) is 16.7 Å². The van der Waals surface area contributed by atoms with Crippen molar-refractivity contribution >= 4 is 39.2 Å². The van der Waals surface area contributed by atoms with Crippen LogP contribution in [0, 0.1) is 0 Å². The van der Waals surface area contributed by atoms with Gasteiger partial charge in [-0.25, -0.2) is 17.5 Å². The molecule has 0 fully saturated rings. The minimum Gasteiger partial charge on any atom is -0.478 e. The van der Waals surface area contributed by atoms with Crippen molar-refractivity contribution in [2.75, 3.05) is 19.4 Å². The quantitative estimate of drug-likeness (QED) is 0.826. The molecule has 2 rings (SSSR count). The first kappa shape index (κ1) is 18.9. The number of hydrogen-bond acceptors (Lipinski definition) is 4. The molecule has 0 aliphatic rings. The van der Waals surface area contributed by atoms with Gasteiger partial charge in [-0.2, -0.15) is 0 Å². The van der Waals surface area contributed by atoms with Crippen LogP contribution in [0.25, 0.3) is 0 Å². The standard InChI is InChI=1S/C16H15ClN2O5S/c1-19(2)25(23,24)12-6-3-10(4-7-12)15(20)18-11-5-8-14(17)13(9-11)16(21)22/h3-9H,1-2H3,(H,18,20)(H,21,22). The Morgan fingerprint density at radius 3 is 2.20 bits per heavy atom. The van der Waals surface area contributed by atoms with E-state index in [0.717, 1.165) is 4.31 Å². The molecular formula is C16H15ClN2O5S. The Morgan fingerprint density at radius 1 is 1.08 bits per heavy atom. The van der Waals surface area contributed by atoms with Gasteiger partial charge in [0.2, 0.25) is 10.0 Å². The van der Waals surface area contributed by atoms with E-state index in [2.05, 4.69) is 5.32 Å². The van der Waals surface area contributed by atoms with Gasteiger partial charge >= 0.3 is 5.97 Å². The van der Waals surface area contributed by atoms with E-state index in [1.165, 1.54) is 56.6 Å². The number of halogens is 1. The maximum atomic E-state index is 12.2. The number of rotatable bonds is 5. The number of carbonyl (C=O) groups excluding carboxylic acids is 1. The average molecular weight is 383 g/mol. The molecule has 7 nitrogen and oxygen atoms in total. The van der Waals surface area contributed by atoms with E-state index in [-0.39, 0.29) is 26.7 Å². The van der Waals surface area contributed by atoms with E-state index < -0.39 is 21.9 Å². The molecule has 0 saturated heterocycles. The van der Waals surface area contributed by atoms with Gasteiger partial charge in [0.05, 0.1) is 15.5 Å². The summed E-state index contributed by atoms with van der Waals surface area (Å²) in [4.78, 5) is 23.3. The third kappa shape index (κ3) is 4.16. The van der Waals surface area contributed by atoms with Gasteiger partial charge in [-0.3, -0.25) is 4.79 Å². The molecule has 0 heterocycles. The Labute approximate surface area is 149 Å². The van der Waals surface area contributed by atoms with Crippen LogP contribution < -0.4 is 5.32 Å². The number of nitrogens with zero attached hydrogens (tertiary/aromatic N) is 1. The predicted molar refractivity (Wildman–Crippen MR) is 93.7 cm³/mol. The number of sulfonamides is 1. The van der Waals surface area contributed by atoms with Crippen LogP contribution in [-0.4, -0.2) is 43.8 Å². The number of nitrogens with one attached hydrogen (secondary N) is 1. The summed E-state index contributed by atoms with van der Waals surface area (Å²) < 4.78 is 25.1. The van der Waals surface area contributed by atoms with E-state index in [1.807, 2.05) is 0 Å². The molecule has 0 atom stereocenters. The van der Waals surface area contributed by atoms with Gasteiger partial charge in [-0.15, -0.1) is 0 Å². The second kappa shape index (κ2) is 7.22. The van der Waals surface area contributed by atoms with Gasteiger partial charge < -0.3 is 10.4 Å². The van der Waals surface area contributed by atoms with E-state index >= 15 is 0 Å². The first-order chi connectivity index (χ1) is 11.6. The molecule has 0 bridgehead atoms. The fourth-order valence-electron chi connectivity index (χ4n) is 1.96. The first-order valence-electron chi connectivity index (χ1n) is 6.99. The Balaban J connectivity index is 2.22. The summed E-state index contributed by atoms with van der Waals surface area (Å²) >= 11 is 5.78. The Hall–Kier alpha value is -2.42. The summed E-state index contributed by atoms with van der Waals surface area (Å²) in [7, 11) is -0.750. The monoisotopic (exact) mass is 382 g/mol. The minimum absolute atomic E-state index is 0.0590. The Morgan fingerprint density at radius 2 is 1.68 bits per heavy atom. The summed E-state index contributed by atoms with van der Waals surface area (Å²) in [6.45, 7) is 0. The van der Waals surface area contributed by atoms with Gasteiger partial charge in [0, 0.05) is 25.3 Å². The fourth-order valence-corrected chi connectivity index (χ4v) is 3.06. The van der Waals surface area contributed by atoms with Gasteiger partial charge in [0.25, 0.3) is 5.91 Å². The van der Waals surface area contributed by atoms with Crippen LogP contribution in [0.4, 0.5) is 5.69 Å². The van der Waals surface area contributed by atoms with Crippen LogP contribution in [0.5, 0.6) is 0 Å². The minimum atomic E-state index is -3.58. The highest BCUT2D eigenvalue weighted by molar-refractivity contribution is 7.89. The van der Waals surface area contributed by atoms with E-state index in [1.54, 1.807) is 0 Å². The van der Waals surface area contributed by atoms with E-state index in [9.17, 15) is 18.0 Å². The fraction of sp³-hybridized carbons (Fsp3) is 0.125. The highest BCUT2D eigenvalue weighted by atomic mass is 35.5. The number of carboxylic acids is 1. The van der Waals surface area contributed by atoms with Crippen LogP contribution >= 0.6 is 11.6 Å². The summed E-state index contributed by atoms with van der Waals surface area (Å²) in [6.07, 6.45) is 0. The largest absolute Gasteiger partial charge is 0.478 e. The highest BCUT2D eigenvalue weighted by Gasteiger charge is 2.18. The number of carboxylic acid groups (broad SMARTS) is 1. The second-order valence-electron chi connectivity index (χ2n) is 5.27. The van der Waals surface area contributed by atoms with Crippen LogP contribution in [0.1, 0.15) is 20.7 Å². The molecule has 2 N–H and O–H groups in total. The van der Waals surface area contributed by atoms with E-state index in [0.29, 0.717) is 0 Å². The van der Waals surface area contributed by atoms with Gasteiger partial charge in [-0.1, -0.05) is 11.6 Å². The lowest BCUT2D eigenvalue weighted by Gasteiger charge is -2.12. The third-order valence-electron chi connectivity index (χ3n) is 3.35. The molecule has 0 spiro atoms. The smallest absolute Gasteiger partial charge is 0.337 e. The molecule has 2 aromatic rings. The zero-order valence-corrected chi connectivity index (χ0v) is 14.9. The van der Waals surface area contributed by atoms with Crippen molar-refractivity contribution in [1.29, 1.82) is 0 Å². The van der Waals surface area contributed by atoms with Crippen molar-refractivity contribution in [2.45, 2.75) is 4.90 Å². The maximum absolute atomic E-state index is 12.2. The number of aromatic carboxylic acids is 1. The first-order valence-corrected chi connectivity index (χ1v) is 8.81. The molecule has 2 aromatic carbocycles. The summed E-state index contributed by atoms with van der Waals surface area (Å²) in [6, 6.07) is 9.49. The zero-order valence-electron chi connectivity index (χ0n) is 13.4. The van der Waals surface area contributed by atoms with Crippen molar-refractivity contribution in [3.8, 4) is 0 Å². The number of carbonyl (C=O) groups is 2. The Bertz CT molecular complexity index is 924. The lowest BCUT2D eigenvalue weighted by molar-refractivity contribution is 0.0696. The van der Waals surface area contributed by atoms with Crippen molar-refractivity contribution < 1.29 is 23.1 Å². The van der Waals surface area contributed by atoms with Gasteiger partial charge in [-0.05, 0) is 42.5 Å². The van der Waals surface area contributed by atoms with Gasteiger partial charge in [0.15, 0.2) is 0 Å². The lowest BCUT2D eigenvalue weighted by atomic mass is 10.1. The molecule has 0 aliphatic carbocycles. The number of benzene rings is 2. The third-order valence-corrected chi connectivity index (χ3v) is 5.51. The van der Waals surface area contributed by atoms with Crippen LogP contribution in [-0.2, 0) is 10.0 Å². The second-order valence-corrected chi connectivity index (χ2v) is 7.82. The molecule has 9 heteroatoms. The molecule has 0 saturated carbocycles. The Kier molecular flexibility index (Phi) is 5.46. The maximum Gasteiger partial charge on any atom is 0.337 e. The molecule has 0 aliphatic heterocycles. The molecule has 0 aromatic heterocycles. The topological polar surface area (TPSA) is 104 Å². The number of hydrogen-bond donors (Lipinski definition) is 2. The zero-order chi connectivity index (χ0) is 18.8.